The molecule has 0 aliphatic heterocycles. The Morgan fingerprint density at radius 3 is 2.62 bits per heavy atom. The lowest BCUT2D eigenvalue weighted by atomic mass is 10.2. The number of oxazole rings is 1. The third-order valence-corrected chi connectivity index (χ3v) is 3.45. The van der Waals surface area contributed by atoms with Crippen LogP contribution in [0.25, 0.3) is 11.1 Å². The number of para-hydroxylation sites is 2. The highest BCUT2D eigenvalue weighted by molar-refractivity contribution is 6.35. The molecular weight excluding hydrogens is 353 g/mol. The SMILES string of the molecule is NC(Cc1nc2ccccc2o1)=NOC(=O)c1cc(Cl)cc(Cl)c1. The number of carbonyl (C=O) groups excluding carboxylic acids is 1. The third-order valence-electron chi connectivity index (χ3n) is 3.01. The van der Waals surface area contributed by atoms with Crippen molar-refractivity contribution in [1.82, 2.24) is 4.98 Å². The second-order valence-corrected chi connectivity index (χ2v) is 5.74. The number of nitrogens with zero attached hydrogens (tertiary/aromatic N) is 2. The first-order chi connectivity index (χ1) is 11.5. The Labute approximate surface area is 146 Å². The lowest BCUT2D eigenvalue weighted by Gasteiger charge is -2.01. The highest BCUT2D eigenvalue weighted by atomic mass is 35.5. The summed E-state index contributed by atoms with van der Waals surface area (Å²) in [7, 11) is 0. The number of benzene rings is 2. The maximum Gasteiger partial charge on any atom is 0.365 e. The zero-order valence-corrected chi connectivity index (χ0v) is 13.7. The van der Waals surface area contributed by atoms with Crippen LogP contribution in [0.3, 0.4) is 0 Å². The van der Waals surface area contributed by atoms with E-state index in [4.69, 9.17) is 38.2 Å². The summed E-state index contributed by atoms with van der Waals surface area (Å²) in [6, 6.07) is 11.6. The molecule has 0 aliphatic carbocycles. The monoisotopic (exact) mass is 363 g/mol. The minimum Gasteiger partial charge on any atom is -0.440 e. The smallest absolute Gasteiger partial charge is 0.365 e. The first kappa shape index (κ1) is 16.3. The molecule has 0 amide bonds. The van der Waals surface area contributed by atoms with Crippen molar-refractivity contribution in [3.63, 3.8) is 0 Å². The van der Waals surface area contributed by atoms with Crippen molar-refractivity contribution in [3.05, 3.63) is 64.0 Å². The molecule has 8 heteroatoms. The van der Waals surface area contributed by atoms with Gasteiger partial charge in [-0.05, 0) is 30.3 Å². The standard InChI is InChI=1S/C16H11Cl2N3O3/c17-10-5-9(6-11(18)7-10)16(22)24-21-14(19)8-15-20-12-3-1-2-4-13(12)23-15/h1-7H,8H2,(H2,19,21). The number of aromatic nitrogens is 1. The van der Waals surface area contributed by atoms with E-state index in [2.05, 4.69) is 10.1 Å². The molecule has 0 saturated carbocycles. The predicted octanol–water partition coefficient (Wildman–Crippen LogP) is 3.81. The van der Waals surface area contributed by atoms with Gasteiger partial charge in [-0.3, -0.25) is 0 Å². The van der Waals surface area contributed by atoms with Crippen LogP contribution in [-0.4, -0.2) is 16.8 Å². The average molecular weight is 364 g/mol. The molecule has 1 heterocycles. The highest BCUT2D eigenvalue weighted by Gasteiger charge is 2.11. The second-order valence-electron chi connectivity index (χ2n) is 4.87. The van der Waals surface area contributed by atoms with Crippen LogP contribution in [0, 0.1) is 0 Å². The van der Waals surface area contributed by atoms with Crippen LogP contribution in [0.4, 0.5) is 0 Å². The molecule has 0 fully saturated rings. The molecule has 1 aromatic heterocycles. The van der Waals surface area contributed by atoms with Gasteiger partial charge < -0.3 is 15.0 Å². The summed E-state index contributed by atoms with van der Waals surface area (Å²) in [5.74, 6) is -0.303. The molecule has 24 heavy (non-hydrogen) atoms. The number of halogens is 2. The van der Waals surface area contributed by atoms with Crippen molar-refractivity contribution in [1.29, 1.82) is 0 Å². The van der Waals surface area contributed by atoms with E-state index in [9.17, 15) is 4.79 Å². The molecule has 6 nitrogen and oxygen atoms in total. The first-order valence-corrected chi connectivity index (χ1v) is 7.61. The van der Waals surface area contributed by atoms with Gasteiger partial charge >= 0.3 is 5.97 Å². The minimum absolute atomic E-state index is 0.0445. The molecule has 2 aromatic carbocycles. The Bertz CT molecular complexity index is 884. The van der Waals surface area contributed by atoms with Gasteiger partial charge in [-0.2, -0.15) is 0 Å². The highest BCUT2D eigenvalue weighted by Crippen LogP contribution is 2.20. The first-order valence-electron chi connectivity index (χ1n) is 6.85. The fourth-order valence-corrected chi connectivity index (χ4v) is 2.53. The molecule has 3 aromatic rings. The summed E-state index contributed by atoms with van der Waals surface area (Å²) < 4.78 is 5.51. The van der Waals surface area contributed by atoms with Gasteiger partial charge in [-0.1, -0.05) is 40.5 Å². The molecule has 0 aliphatic rings. The minimum atomic E-state index is -0.722. The Morgan fingerprint density at radius 1 is 1.21 bits per heavy atom. The van der Waals surface area contributed by atoms with Crippen molar-refractivity contribution >= 4 is 46.1 Å². The second kappa shape index (κ2) is 6.90. The Morgan fingerprint density at radius 2 is 1.92 bits per heavy atom. The van der Waals surface area contributed by atoms with Gasteiger partial charge in [0.2, 0.25) is 5.89 Å². The van der Waals surface area contributed by atoms with Crippen LogP contribution in [0.15, 0.2) is 52.0 Å². The van der Waals surface area contributed by atoms with Gasteiger partial charge in [0.25, 0.3) is 0 Å². The molecule has 0 bridgehead atoms. The number of fused-ring (bicyclic) bond motifs is 1. The maximum atomic E-state index is 11.9. The van der Waals surface area contributed by atoms with E-state index in [1.807, 2.05) is 18.2 Å². The quantitative estimate of drug-likeness (QED) is 0.329. The van der Waals surface area contributed by atoms with Crippen LogP contribution in [0.1, 0.15) is 16.2 Å². The molecule has 0 atom stereocenters. The summed E-state index contributed by atoms with van der Waals surface area (Å²) in [4.78, 5) is 20.9. The van der Waals surface area contributed by atoms with Crippen LogP contribution in [0.5, 0.6) is 0 Å². The van der Waals surface area contributed by atoms with Crippen molar-refractivity contribution in [2.75, 3.05) is 0 Å². The van der Waals surface area contributed by atoms with E-state index in [0.29, 0.717) is 27.0 Å². The number of hydrogen-bond donors (Lipinski definition) is 1. The van der Waals surface area contributed by atoms with Gasteiger partial charge in [0.05, 0.1) is 12.0 Å². The predicted molar refractivity (Wildman–Crippen MR) is 91.2 cm³/mol. The third kappa shape index (κ3) is 3.84. The van der Waals surface area contributed by atoms with Crippen LogP contribution in [0.2, 0.25) is 10.0 Å². The summed E-state index contributed by atoms with van der Waals surface area (Å²) in [5, 5.41) is 4.22. The summed E-state index contributed by atoms with van der Waals surface area (Å²) in [5.41, 5.74) is 7.26. The molecule has 2 N–H and O–H groups in total. The van der Waals surface area contributed by atoms with E-state index >= 15 is 0 Å². The lowest BCUT2D eigenvalue weighted by molar-refractivity contribution is 0.0514. The number of hydrogen-bond acceptors (Lipinski definition) is 5. The molecule has 3 rings (SSSR count). The van der Waals surface area contributed by atoms with Gasteiger partial charge in [0, 0.05) is 10.0 Å². The Hall–Kier alpha value is -2.57. The molecule has 0 spiro atoms. The van der Waals surface area contributed by atoms with E-state index in [-0.39, 0.29) is 17.8 Å². The zero-order chi connectivity index (χ0) is 17.1. The van der Waals surface area contributed by atoms with E-state index < -0.39 is 5.97 Å². The number of rotatable bonds is 4. The largest absolute Gasteiger partial charge is 0.440 e. The fraction of sp³-hybridized carbons (Fsp3) is 0.0625. The number of carbonyl (C=O) groups is 1. The molecule has 0 radical (unpaired) electrons. The summed E-state index contributed by atoms with van der Waals surface area (Å²) in [6.07, 6.45) is 0.109. The molecule has 0 saturated heterocycles. The van der Waals surface area contributed by atoms with E-state index in [0.717, 1.165) is 0 Å². The van der Waals surface area contributed by atoms with Gasteiger partial charge in [0.1, 0.15) is 11.4 Å². The van der Waals surface area contributed by atoms with Crippen LogP contribution >= 0.6 is 23.2 Å². The van der Waals surface area contributed by atoms with Crippen molar-refractivity contribution in [2.45, 2.75) is 6.42 Å². The topological polar surface area (TPSA) is 90.7 Å². The maximum absolute atomic E-state index is 11.9. The summed E-state index contributed by atoms with van der Waals surface area (Å²) >= 11 is 11.7. The van der Waals surface area contributed by atoms with Gasteiger partial charge in [-0.15, -0.1) is 0 Å². The van der Waals surface area contributed by atoms with E-state index in [1.165, 1.54) is 18.2 Å². The van der Waals surface area contributed by atoms with Crippen molar-refractivity contribution in [3.8, 4) is 0 Å². The summed E-state index contributed by atoms with van der Waals surface area (Å²) in [6.45, 7) is 0. The molecule has 122 valence electrons. The lowest BCUT2D eigenvalue weighted by Crippen LogP contribution is -2.17. The zero-order valence-electron chi connectivity index (χ0n) is 12.2. The number of amidine groups is 1. The van der Waals surface area contributed by atoms with Crippen LogP contribution in [-0.2, 0) is 11.3 Å². The molecule has 0 unspecified atom stereocenters. The molecular formula is C16H11Cl2N3O3. The van der Waals surface area contributed by atoms with Gasteiger partial charge in [0.15, 0.2) is 5.58 Å². The Balaban J connectivity index is 1.68. The van der Waals surface area contributed by atoms with Crippen molar-refractivity contribution in [2.24, 2.45) is 10.9 Å². The fourth-order valence-electron chi connectivity index (χ4n) is 2.01. The average Bonchev–Trinajstić information content (AvgIpc) is 2.93. The number of oxime groups is 1. The van der Waals surface area contributed by atoms with Gasteiger partial charge in [-0.25, -0.2) is 9.78 Å². The van der Waals surface area contributed by atoms with E-state index in [1.54, 1.807) is 6.07 Å². The van der Waals surface area contributed by atoms with Crippen molar-refractivity contribution < 1.29 is 14.0 Å². The van der Waals surface area contributed by atoms with Crippen LogP contribution < -0.4 is 5.73 Å². The Kier molecular flexibility index (Phi) is 4.69. The normalized spacial score (nSPS) is 11.7. The number of nitrogens with two attached hydrogens (primary N) is 1.